The van der Waals surface area contributed by atoms with Gasteiger partial charge < -0.3 is 4.57 Å². The first-order valence-corrected chi connectivity index (χ1v) is 15.9. The van der Waals surface area contributed by atoms with E-state index >= 15 is 0 Å². The van der Waals surface area contributed by atoms with Gasteiger partial charge in [0.1, 0.15) is 5.82 Å². The Hall–Kier alpha value is -5.32. The molecule has 0 fully saturated rings. The average molecular weight is 582 g/mol. The fourth-order valence-electron chi connectivity index (χ4n) is 6.71. The molecule has 4 heteroatoms. The van der Waals surface area contributed by atoms with Gasteiger partial charge in [-0.2, -0.15) is 0 Å². The van der Waals surface area contributed by atoms with Crippen LogP contribution in [0.4, 0.5) is 0 Å². The number of thiophene rings is 1. The lowest BCUT2D eigenvalue weighted by atomic mass is 9.96. The van der Waals surface area contributed by atoms with Gasteiger partial charge >= 0.3 is 0 Å². The lowest BCUT2D eigenvalue weighted by Gasteiger charge is -2.12. The van der Waals surface area contributed by atoms with Gasteiger partial charge in [0.15, 0.2) is 0 Å². The smallest absolute Gasteiger partial charge is 0.141 e. The van der Waals surface area contributed by atoms with Crippen LogP contribution in [-0.2, 0) is 6.54 Å². The molecule has 9 aromatic rings. The summed E-state index contributed by atoms with van der Waals surface area (Å²) in [6, 6.07) is 47.8. The quantitative estimate of drug-likeness (QED) is 0.194. The van der Waals surface area contributed by atoms with Gasteiger partial charge in [-0.1, -0.05) is 103 Å². The van der Waals surface area contributed by atoms with Crippen LogP contribution in [0.2, 0.25) is 0 Å². The summed E-state index contributed by atoms with van der Waals surface area (Å²) in [4.78, 5) is 10.2. The average Bonchev–Trinajstić information content (AvgIpc) is 3.66. The molecule has 0 atom stereocenters. The van der Waals surface area contributed by atoms with Crippen molar-refractivity contribution in [2.75, 3.05) is 0 Å². The highest BCUT2D eigenvalue weighted by Crippen LogP contribution is 2.43. The minimum Gasteiger partial charge on any atom is -0.324 e. The third kappa shape index (κ3) is 3.81. The van der Waals surface area contributed by atoms with Gasteiger partial charge in [-0.3, -0.25) is 0 Å². The molecule has 9 rings (SSSR count). The number of hydrogen-bond acceptors (Lipinski definition) is 3. The van der Waals surface area contributed by atoms with Crippen molar-refractivity contribution >= 4 is 64.2 Å². The molecule has 0 aliphatic rings. The molecule has 3 heterocycles. The van der Waals surface area contributed by atoms with Crippen molar-refractivity contribution in [2.24, 2.45) is 0 Å². The van der Waals surface area contributed by atoms with E-state index in [0.29, 0.717) is 0 Å². The van der Waals surface area contributed by atoms with E-state index < -0.39 is 0 Å². The molecule has 0 bridgehead atoms. The first-order valence-electron chi connectivity index (χ1n) is 15.1. The zero-order valence-electron chi connectivity index (χ0n) is 24.2. The zero-order valence-corrected chi connectivity index (χ0v) is 25.0. The molecule has 0 unspecified atom stereocenters. The summed E-state index contributed by atoms with van der Waals surface area (Å²) in [6.45, 7) is 3.05. The summed E-state index contributed by atoms with van der Waals surface area (Å²) in [6.07, 6.45) is 0. The Morgan fingerprint density at radius 3 is 2.11 bits per heavy atom. The second-order valence-electron chi connectivity index (χ2n) is 11.3. The van der Waals surface area contributed by atoms with Crippen LogP contribution in [0, 0.1) is 0 Å². The largest absolute Gasteiger partial charge is 0.324 e. The second kappa shape index (κ2) is 9.87. The molecule has 6 aromatic carbocycles. The van der Waals surface area contributed by atoms with Gasteiger partial charge in [0.2, 0.25) is 0 Å². The maximum absolute atomic E-state index is 5.26. The van der Waals surface area contributed by atoms with Gasteiger partial charge in [-0.25, -0.2) is 9.97 Å². The molecule has 0 saturated heterocycles. The molecule has 0 radical (unpaired) electrons. The lowest BCUT2D eigenvalue weighted by molar-refractivity contribution is 0.796. The summed E-state index contributed by atoms with van der Waals surface area (Å²) in [7, 11) is 0. The van der Waals surface area contributed by atoms with E-state index in [-0.39, 0.29) is 0 Å². The van der Waals surface area contributed by atoms with Gasteiger partial charge in [0.05, 0.1) is 22.2 Å². The number of aryl methyl sites for hydroxylation is 1. The van der Waals surface area contributed by atoms with Crippen LogP contribution >= 0.6 is 11.3 Å². The van der Waals surface area contributed by atoms with Crippen molar-refractivity contribution in [1.82, 2.24) is 14.5 Å². The number of nitrogens with zero attached hydrogens (tertiary/aromatic N) is 3. The first-order chi connectivity index (χ1) is 21.8. The van der Waals surface area contributed by atoms with Crippen molar-refractivity contribution in [3.63, 3.8) is 0 Å². The van der Waals surface area contributed by atoms with Crippen LogP contribution in [0.15, 0.2) is 133 Å². The number of fused-ring (bicyclic) bond motifs is 8. The first kappa shape index (κ1) is 25.2. The molecule has 0 amide bonds. The van der Waals surface area contributed by atoms with E-state index in [1.54, 1.807) is 0 Å². The summed E-state index contributed by atoms with van der Waals surface area (Å²) >= 11 is 1.88. The highest BCUT2D eigenvalue weighted by Gasteiger charge is 2.17. The molecular formula is C40H27N3S. The van der Waals surface area contributed by atoms with Crippen LogP contribution in [0.25, 0.3) is 86.7 Å². The fourth-order valence-corrected chi connectivity index (χ4v) is 7.98. The maximum Gasteiger partial charge on any atom is 0.141 e. The van der Waals surface area contributed by atoms with E-state index in [2.05, 4.69) is 139 Å². The molecular weight excluding hydrogens is 555 g/mol. The van der Waals surface area contributed by atoms with Crippen LogP contribution in [-0.4, -0.2) is 14.5 Å². The van der Waals surface area contributed by atoms with Gasteiger partial charge in [0.25, 0.3) is 0 Å². The van der Waals surface area contributed by atoms with E-state index in [1.807, 2.05) is 17.4 Å². The topological polar surface area (TPSA) is 30.7 Å². The number of imidazole rings is 1. The second-order valence-corrected chi connectivity index (χ2v) is 12.3. The predicted molar refractivity (Wildman–Crippen MR) is 187 cm³/mol. The van der Waals surface area contributed by atoms with Crippen molar-refractivity contribution in [3.8, 4) is 33.8 Å². The van der Waals surface area contributed by atoms with Gasteiger partial charge in [0, 0.05) is 54.0 Å². The molecule has 3 aromatic heterocycles. The molecule has 0 aliphatic carbocycles. The van der Waals surface area contributed by atoms with Crippen LogP contribution in [0.5, 0.6) is 0 Å². The van der Waals surface area contributed by atoms with E-state index in [4.69, 9.17) is 9.97 Å². The Morgan fingerprint density at radius 2 is 1.25 bits per heavy atom. The van der Waals surface area contributed by atoms with E-state index in [1.165, 1.54) is 53.0 Å². The number of para-hydroxylation sites is 3. The van der Waals surface area contributed by atoms with Crippen LogP contribution < -0.4 is 0 Å². The Labute approximate surface area is 258 Å². The monoisotopic (exact) mass is 581 g/mol. The summed E-state index contributed by atoms with van der Waals surface area (Å²) < 4.78 is 4.93. The van der Waals surface area contributed by atoms with Gasteiger partial charge in [-0.05, 0) is 48.4 Å². The Morgan fingerprint density at radius 1 is 0.545 bits per heavy atom. The van der Waals surface area contributed by atoms with Crippen LogP contribution in [0.3, 0.4) is 0 Å². The lowest BCUT2D eigenvalue weighted by Crippen LogP contribution is -1.97. The standard InChI is InChI=1S/C40H27N3S/c1-2-43-35-16-7-6-15-34(35)42-40(43)26-20-18-25(19-21-26)27-10-9-11-28(24-27)38-32-23-22-30-29-12-4-8-17-36(29)44-39(30)37(32)31-13-3-5-14-33(31)41-38/h3-24H,2H2,1H3. The molecule has 0 spiro atoms. The molecule has 0 N–H and O–H groups in total. The van der Waals surface area contributed by atoms with Crippen molar-refractivity contribution in [3.05, 3.63) is 133 Å². The molecule has 3 nitrogen and oxygen atoms in total. The zero-order chi connectivity index (χ0) is 29.2. The fraction of sp³-hybridized carbons (Fsp3) is 0.0500. The third-order valence-corrected chi connectivity index (χ3v) is 9.99. The summed E-state index contributed by atoms with van der Waals surface area (Å²) in [5.41, 5.74) is 8.83. The predicted octanol–water partition coefficient (Wildman–Crippen LogP) is 11.1. The Kier molecular flexibility index (Phi) is 5.65. The van der Waals surface area contributed by atoms with Crippen molar-refractivity contribution in [2.45, 2.75) is 13.5 Å². The van der Waals surface area contributed by atoms with Crippen molar-refractivity contribution in [1.29, 1.82) is 0 Å². The Bertz CT molecular complexity index is 2540. The highest BCUT2D eigenvalue weighted by molar-refractivity contribution is 7.26. The molecule has 44 heavy (non-hydrogen) atoms. The SMILES string of the molecule is CCn1c(-c2ccc(-c3cccc(-c4nc5ccccc5c5c4ccc4c6ccccc6sc45)c3)cc2)nc2ccccc21. The van der Waals surface area contributed by atoms with Crippen molar-refractivity contribution < 1.29 is 0 Å². The summed E-state index contributed by atoms with van der Waals surface area (Å²) in [5, 5.41) is 6.31. The van der Waals surface area contributed by atoms with Gasteiger partial charge in [-0.15, -0.1) is 11.3 Å². The molecule has 208 valence electrons. The minimum atomic E-state index is 0.875. The number of hydrogen-bond donors (Lipinski definition) is 0. The maximum atomic E-state index is 5.26. The molecule has 0 saturated carbocycles. The number of pyridine rings is 1. The normalized spacial score (nSPS) is 11.8. The number of rotatable bonds is 4. The Balaban J connectivity index is 1.19. The number of benzene rings is 6. The summed E-state index contributed by atoms with van der Waals surface area (Å²) in [5.74, 6) is 1.01. The van der Waals surface area contributed by atoms with Crippen LogP contribution in [0.1, 0.15) is 6.92 Å². The van der Waals surface area contributed by atoms with E-state index in [0.717, 1.165) is 40.2 Å². The minimum absolute atomic E-state index is 0.875. The molecule has 0 aliphatic heterocycles. The van der Waals surface area contributed by atoms with E-state index in [9.17, 15) is 0 Å². The highest BCUT2D eigenvalue weighted by atomic mass is 32.1. The third-order valence-electron chi connectivity index (χ3n) is 8.79. The number of aromatic nitrogens is 3.